The fourth-order valence-electron chi connectivity index (χ4n) is 4.91. The second-order valence-corrected chi connectivity index (χ2v) is 10.4. The van der Waals surface area contributed by atoms with E-state index in [4.69, 9.17) is 24.2 Å². The van der Waals surface area contributed by atoms with Gasteiger partial charge in [0.1, 0.15) is 16.5 Å². The lowest BCUT2D eigenvalue weighted by Crippen LogP contribution is -2.36. The molecule has 0 saturated carbocycles. The van der Waals surface area contributed by atoms with Crippen LogP contribution in [0.25, 0.3) is 10.2 Å². The third kappa shape index (κ3) is 4.99. The van der Waals surface area contributed by atoms with Gasteiger partial charge in [-0.15, -0.1) is 11.3 Å². The van der Waals surface area contributed by atoms with E-state index in [0.717, 1.165) is 92.5 Å². The molecule has 2 aliphatic rings. The maximum absolute atomic E-state index is 5.51. The number of rotatable bonds is 8. The van der Waals surface area contributed by atoms with Crippen molar-refractivity contribution in [2.45, 2.75) is 39.2 Å². The SMILES string of the molecule is COc1ccc(CCNc2nc(CN3CCOCC3)nc3sc4c(c23)CCC(C)C4)cc1OC. The summed E-state index contributed by atoms with van der Waals surface area (Å²) in [5.41, 5.74) is 2.66. The molecule has 182 valence electrons. The molecule has 1 N–H and O–H groups in total. The van der Waals surface area contributed by atoms with Crippen LogP contribution in [0.15, 0.2) is 18.2 Å². The molecule has 0 bridgehead atoms. The molecule has 1 fully saturated rings. The number of ether oxygens (including phenoxy) is 3. The minimum absolute atomic E-state index is 0.739. The Morgan fingerprint density at radius 1 is 1.15 bits per heavy atom. The maximum Gasteiger partial charge on any atom is 0.160 e. The molecule has 0 radical (unpaired) electrons. The molecule has 3 aromatic rings. The van der Waals surface area contributed by atoms with Crippen LogP contribution in [0.3, 0.4) is 0 Å². The van der Waals surface area contributed by atoms with Crippen molar-refractivity contribution in [1.82, 2.24) is 14.9 Å². The molecule has 1 saturated heterocycles. The Balaban J connectivity index is 1.39. The first-order valence-electron chi connectivity index (χ1n) is 12.2. The highest BCUT2D eigenvalue weighted by Gasteiger charge is 2.24. The smallest absolute Gasteiger partial charge is 0.160 e. The van der Waals surface area contributed by atoms with E-state index in [0.29, 0.717) is 0 Å². The second kappa shape index (κ2) is 10.5. The Morgan fingerprint density at radius 3 is 2.76 bits per heavy atom. The van der Waals surface area contributed by atoms with Crippen LogP contribution in [0, 0.1) is 5.92 Å². The zero-order valence-electron chi connectivity index (χ0n) is 20.4. The van der Waals surface area contributed by atoms with E-state index in [1.807, 2.05) is 23.5 Å². The molecule has 1 atom stereocenters. The van der Waals surface area contributed by atoms with Gasteiger partial charge >= 0.3 is 0 Å². The van der Waals surface area contributed by atoms with Gasteiger partial charge in [-0.05, 0) is 54.9 Å². The first-order chi connectivity index (χ1) is 16.6. The van der Waals surface area contributed by atoms with Gasteiger partial charge in [0, 0.05) is 24.5 Å². The number of benzene rings is 1. The molecule has 8 heteroatoms. The van der Waals surface area contributed by atoms with Gasteiger partial charge in [-0.25, -0.2) is 9.97 Å². The monoisotopic (exact) mass is 482 g/mol. The van der Waals surface area contributed by atoms with Crippen molar-refractivity contribution in [1.29, 1.82) is 0 Å². The molecule has 0 amide bonds. The van der Waals surface area contributed by atoms with E-state index >= 15 is 0 Å². The minimum atomic E-state index is 0.739. The lowest BCUT2D eigenvalue weighted by molar-refractivity contribution is 0.0331. The predicted molar refractivity (Wildman–Crippen MR) is 136 cm³/mol. The normalized spacial score (nSPS) is 18.6. The van der Waals surface area contributed by atoms with Gasteiger partial charge in [-0.1, -0.05) is 13.0 Å². The number of hydrogen-bond donors (Lipinski definition) is 1. The quantitative estimate of drug-likeness (QED) is 0.513. The average molecular weight is 483 g/mol. The molecule has 1 aliphatic carbocycles. The van der Waals surface area contributed by atoms with Gasteiger partial charge in [0.25, 0.3) is 0 Å². The Kier molecular flexibility index (Phi) is 7.18. The summed E-state index contributed by atoms with van der Waals surface area (Å²) in [6, 6.07) is 6.11. The van der Waals surface area contributed by atoms with Crippen molar-refractivity contribution < 1.29 is 14.2 Å². The Morgan fingerprint density at radius 2 is 1.97 bits per heavy atom. The van der Waals surface area contributed by atoms with Crippen molar-refractivity contribution >= 4 is 27.4 Å². The number of nitrogens with zero attached hydrogens (tertiary/aromatic N) is 3. The third-order valence-corrected chi connectivity index (χ3v) is 7.97. The van der Waals surface area contributed by atoms with Gasteiger partial charge in [0.15, 0.2) is 11.5 Å². The summed E-state index contributed by atoms with van der Waals surface area (Å²) < 4.78 is 16.4. The summed E-state index contributed by atoms with van der Waals surface area (Å²) in [5.74, 6) is 4.14. The van der Waals surface area contributed by atoms with Crippen molar-refractivity contribution in [3.8, 4) is 11.5 Å². The van der Waals surface area contributed by atoms with E-state index in [1.165, 1.54) is 27.8 Å². The molecule has 7 nitrogen and oxygen atoms in total. The Hall–Kier alpha value is -2.42. The first-order valence-corrected chi connectivity index (χ1v) is 13.0. The van der Waals surface area contributed by atoms with Gasteiger partial charge < -0.3 is 19.5 Å². The fraction of sp³-hybridized carbons (Fsp3) is 0.538. The highest BCUT2D eigenvalue weighted by molar-refractivity contribution is 7.19. The summed E-state index contributed by atoms with van der Waals surface area (Å²) in [6.07, 6.45) is 4.38. The van der Waals surface area contributed by atoms with Crippen LogP contribution in [-0.4, -0.2) is 61.9 Å². The molecular formula is C26H34N4O3S. The second-order valence-electron chi connectivity index (χ2n) is 9.27. The fourth-order valence-corrected chi connectivity index (χ4v) is 6.31. The summed E-state index contributed by atoms with van der Waals surface area (Å²) in [4.78, 5) is 15.1. The van der Waals surface area contributed by atoms with Crippen LogP contribution in [0.1, 0.15) is 35.2 Å². The minimum Gasteiger partial charge on any atom is -0.493 e. The number of aromatic nitrogens is 2. The van der Waals surface area contributed by atoms with Crippen LogP contribution < -0.4 is 14.8 Å². The van der Waals surface area contributed by atoms with E-state index in [-0.39, 0.29) is 0 Å². The zero-order valence-corrected chi connectivity index (χ0v) is 21.2. The van der Waals surface area contributed by atoms with E-state index < -0.39 is 0 Å². The number of anilines is 1. The zero-order chi connectivity index (χ0) is 23.5. The van der Waals surface area contributed by atoms with Gasteiger partial charge in [-0.3, -0.25) is 4.90 Å². The van der Waals surface area contributed by atoms with Crippen LogP contribution in [0.2, 0.25) is 0 Å². The predicted octanol–water partition coefficient (Wildman–Crippen LogP) is 4.32. The van der Waals surface area contributed by atoms with Crippen molar-refractivity contribution in [2.24, 2.45) is 5.92 Å². The molecule has 1 unspecified atom stereocenters. The van der Waals surface area contributed by atoms with Gasteiger partial charge in [0.05, 0.1) is 39.4 Å². The molecule has 0 spiro atoms. The van der Waals surface area contributed by atoms with Crippen LogP contribution in [0.5, 0.6) is 11.5 Å². The first kappa shape index (κ1) is 23.3. The van der Waals surface area contributed by atoms with Gasteiger partial charge in [0.2, 0.25) is 0 Å². The van der Waals surface area contributed by atoms with Crippen molar-refractivity contribution in [3.63, 3.8) is 0 Å². The topological polar surface area (TPSA) is 68.7 Å². The summed E-state index contributed by atoms with van der Waals surface area (Å²) in [5, 5.41) is 4.91. The number of methoxy groups -OCH3 is 2. The molecule has 34 heavy (non-hydrogen) atoms. The molecule has 2 aromatic heterocycles. The molecule has 1 aliphatic heterocycles. The summed E-state index contributed by atoms with van der Waals surface area (Å²) in [6.45, 7) is 7.34. The highest BCUT2D eigenvalue weighted by atomic mass is 32.1. The van der Waals surface area contributed by atoms with Crippen molar-refractivity contribution in [2.75, 3.05) is 52.4 Å². The van der Waals surface area contributed by atoms with E-state index in [9.17, 15) is 0 Å². The van der Waals surface area contributed by atoms with Crippen LogP contribution in [-0.2, 0) is 30.5 Å². The summed E-state index contributed by atoms with van der Waals surface area (Å²) >= 11 is 1.87. The molecule has 1 aromatic carbocycles. The number of nitrogens with one attached hydrogen (secondary N) is 1. The molecular weight excluding hydrogens is 448 g/mol. The molecule has 5 rings (SSSR count). The Labute approximate surface area is 205 Å². The van der Waals surface area contributed by atoms with E-state index in [1.54, 1.807) is 14.2 Å². The third-order valence-electron chi connectivity index (χ3n) is 6.82. The van der Waals surface area contributed by atoms with Crippen LogP contribution in [0.4, 0.5) is 5.82 Å². The maximum atomic E-state index is 5.51. The van der Waals surface area contributed by atoms with Gasteiger partial charge in [-0.2, -0.15) is 0 Å². The highest BCUT2D eigenvalue weighted by Crippen LogP contribution is 2.40. The number of morpholine rings is 1. The Bertz CT molecular complexity index is 1140. The number of aryl methyl sites for hydroxylation is 1. The summed E-state index contributed by atoms with van der Waals surface area (Å²) in [7, 11) is 3.34. The standard InChI is InChI=1S/C26H34N4O3S/c1-17-4-6-19-22(14-17)34-26-24(19)25(28-23(29-26)16-30-10-12-33-13-11-30)27-9-8-18-5-7-20(31-2)21(15-18)32-3/h5,7,15,17H,4,6,8-14,16H2,1-3H3,(H,27,28,29). The lowest BCUT2D eigenvalue weighted by Gasteiger charge is -2.26. The average Bonchev–Trinajstić information content (AvgIpc) is 3.21. The number of hydrogen-bond acceptors (Lipinski definition) is 8. The number of thiophene rings is 1. The largest absolute Gasteiger partial charge is 0.493 e. The lowest BCUT2D eigenvalue weighted by atomic mass is 9.89. The number of fused-ring (bicyclic) bond motifs is 3. The van der Waals surface area contributed by atoms with Crippen molar-refractivity contribution in [3.05, 3.63) is 40.0 Å². The van der Waals surface area contributed by atoms with Crippen LogP contribution >= 0.6 is 11.3 Å². The molecule has 3 heterocycles. The van der Waals surface area contributed by atoms with E-state index in [2.05, 4.69) is 23.2 Å².